The number of carbonyl (C=O) groups is 1. The molecular weight excluding hydrogens is 210 g/mol. The molecule has 1 N–H and O–H groups in total. The number of hydrogen-bond acceptors (Lipinski definition) is 4. The van der Waals surface area contributed by atoms with Gasteiger partial charge in [0, 0.05) is 5.56 Å². The molecule has 0 amide bonds. The van der Waals surface area contributed by atoms with Crippen LogP contribution in [0, 0.1) is 0 Å². The van der Waals surface area contributed by atoms with Gasteiger partial charge in [0.2, 0.25) is 0 Å². The number of carboxylic acid groups (broad SMARTS) is 1. The standard InChI is InChI=1S/C11H13NO4/c1-15-10-5-3-2-4-9(10)8-12-16-7-6-11(13)14/h2-5,8H,6-7H2,1H3,(H,13,14)/b12-8-. The van der Waals surface area contributed by atoms with E-state index in [2.05, 4.69) is 5.16 Å². The van der Waals surface area contributed by atoms with Crippen LogP contribution in [0.5, 0.6) is 5.75 Å². The van der Waals surface area contributed by atoms with E-state index in [0.29, 0.717) is 5.75 Å². The monoisotopic (exact) mass is 223 g/mol. The van der Waals surface area contributed by atoms with Gasteiger partial charge in [0.25, 0.3) is 0 Å². The minimum atomic E-state index is -0.910. The number of methoxy groups -OCH3 is 1. The van der Waals surface area contributed by atoms with Crippen LogP contribution < -0.4 is 4.74 Å². The van der Waals surface area contributed by atoms with Crippen molar-refractivity contribution in [2.75, 3.05) is 13.7 Å². The van der Waals surface area contributed by atoms with Crippen LogP contribution in [0.2, 0.25) is 0 Å². The second kappa shape index (κ2) is 6.44. The predicted octanol–water partition coefficient (Wildman–Crippen LogP) is 1.52. The number of ether oxygens (including phenoxy) is 1. The van der Waals surface area contributed by atoms with Crippen LogP contribution in [-0.4, -0.2) is 31.0 Å². The lowest BCUT2D eigenvalue weighted by Crippen LogP contribution is -1.99. The van der Waals surface area contributed by atoms with E-state index in [4.69, 9.17) is 14.7 Å². The van der Waals surface area contributed by atoms with E-state index >= 15 is 0 Å². The Balaban J connectivity index is 2.46. The Labute approximate surface area is 93.3 Å². The van der Waals surface area contributed by atoms with Crippen molar-refractivity contribution < 1.29 is 19.5 Å². The Hall–Kier alpha value is -2.04. The number of benzene rings is 1. The van der Waals surface area contributed by atoms with E-state index in [9.17, 15) is 4.79 Å². The van der Waals surface area contributed by atoms with Crippen LogP contribution in [0.25, 0.3) is 0 Å². The van der Waals surface area contributed by atoms with Gasteiger partial charge in [-0.25, -0.2) is 0 Å². The van der Waals surface area contributed by atoms with Crippen LogP contribution in [0.1, 0.15) is 12.0 Å². The Bertz CT molecular complexity index is 376. The molecule has 0 atom stereocenters. The van der Waals surface area contributed by atoms with Gasteiger partial charge in [0.05, 0.1) is 19.7 Å². The summed E-state index contributed by atoms with van der Waals surface area (Å²) in [5.74, 6) is -0.222. The largest absolute Gasteiger partial charge is 0.496 e. The third-order valence-corrected chi connectivity index (χ3v) is 1.81. The summed E-state index contributed by atoms with van der Waals surface area (Å²) in [5, 5.41) is 12.0. The number of aliphatic carboxylic acids is 1. The number of para-hydroxylation sites is 1. The maximum atomic E-state index is 10.2. The highest BCUT2D eigenvalue weighted by Crippen LogP contribution is 2.14. The maximum Gasteiger partial charge on any atom is 0.306 e. The number of hydrogen-bond donors (Lipinski definition) is 1. The molecule has 0 heterocycles. The SMILES string of the molecule is COc1ccccc1/C=N\OCCC(=O)O. The van der Waals surface area contributed by atoms with Crippen molar-refractivity contribution in [3.63, 3.8) is 0 Å². The van der Waals surface area contributed by atoms with Crippen molar-refractivity contribution in [1.82, 2.24) is 0 Å². The molecule has 0 bridgehead atoms. The Morgan fingerprint density at radius 3 is 2.94 bits per heavy atom. The van der Waals surface area contributed by atoms with Crippen molar-refractivity contribution in [2.45, 2.75) is 6.42 Å². The maximum absolute atomic E-state index is 10.2. The molecule has 0 aliphatic rings. The first-order valence-corrected chi connectivity index (χ1v) is 4.74. The molecule has 1 aromatic carbocycles. The van der Waals surface area contributed by atoms with Gasteiger partial charge < -0.3 is 14.7 Å². The van der Waals surface area contributed by atoms with Gasteiger partial charge in [-0.3, -0.25) is 4.79 Å². The molecule has 0 aliphatic heterocycles. The second-order valence-corrected chi connectivity index (χ2v) is 2.95. The van der Waals surface area contributed by atoms with Crippen molar-refractivity contribution in [1.29, 1.82) is 0 Å². The molecule has 0 unspecified atom stereocenters. The molecular formula is C11H13NO4. The van der Waals surface area contributed by atoms with Crippen LogP contribution in [-0.2, 0) is 9.63 Å². The summed E-state index contributed by atoms with van der Waals surface area (Å²) in [5.41, 5.74) is 0.778. The molecule has 0 saturated heterocycles. The van der Waals surface area contributed by atoms with Gasteiger partial charge in [0.15, 0.2) is 0 Å². The topological polar surface area (TPSA) is 68.1 Å². The fourth-order valence-electron chi connectivity index (χ4n) is 1.05. The molecule has 0 saturated carbocycles. The highest BCUT2D eigenvalue weighted by atomic mass is 16.6. The average Bonchev–Trinajstić information content (AvgIpc) is 2.29. The molecule has 0 aromatic heterocycles. The number of rotatable bonds is 6. The van der Waals surface area contributed by atoms with Crippen molar-refractivity contribution in [3.05, 3.63) is 29.8 Å². The minimum absolute atomic E-state index is 0.0565. The zero-order chi connectivity index (χ0) is 11.8. The summed E-state index contributed by atoms with van der Waals surface area (Å²) in [4.78, 5) is 15.0. The molecule has 0 fully saturated rings. The molecule has 0 aliphatic carbocycles. The third kappa shape index (κ3) is 4.00. The lowest BCUT2D eigenvalue weighted by Gasteiger charge is -2.02. The van der Waals surface area contributed by atoms with Crippen molar-refractivity contribution >= 4 is 12.2 Å². The lowest BCUT2D eigenvalue weighted by molar-refractivity contribution is -0.138. The molecule has 0 spiro atoms. The van der Waals surface area contributed by atoms with Gasteiger partial charge in [0.1, 0.15) is 12.4 Å². The van der Waals surface area contributed by atoms with Gasteiger partial charge in [-0.1, -0.05) is 17.3 Å². The van der Waals surface area contributed by atoms with Gasteiger partial charge >= 0.3 is 5.97 Å². The molecule has 5 heteroatoms. The second-order valence-electron chi connectivity index (χ2n) is 2.95. The number of nitrogens with zero attached hydrogens (tertiary/aromatic N) is 1. The normalized spacial score (nSPS) is 10.3. The summed E-state index contributed by atoms with van der Waals surface area (Å²) < 4.78 is 5.10. The molecule has 5 nitrogen and oxygen atoms in total. The zero-order valence-electron chi connectivity index (χ0n) is 8.92. The Morgan fingerprint density at radius 1 is 1.50 bits per heavy atom. The average molecular weight is 223 g/mol. The fourth-order valence-corrected chi connectivity index (χ4v) is 1.05. The zero-order valence-corrected chi connectivity index (χ0v) is 8.92. The molecule has 86 valence electrons. The summed E-state index contributed by atoms with van der Waals surface area (Å²) in [7, 11) is 1.57. The van der Waals surface area contributed by atoms with Crippen LogP contribution in [0.4, 0.5) is 0 Å². The van der Waals surface area contributed by atoms with E-state index in [1.807, 2.05) is 18.2 Å². The lowest BCUT2D eigenvalue weighted by atomic mass is 10.2. The molecule has 16 heavy (non-hydrogen) atoms. The van der Waals surface area contributed by atoms with E-state index in [1.165, 1.54) is 6.21 Å². The first-order valence-electron chi connectivity index (χ1n) is 4.74. The van der Waals surface area contributed by atoms with Gasteiger partial charge in [-0.2, -0.15) is 0 Å². The first-order chi connectivity index (χ1) is 7.74. The molecule has 1 aromatic rings. The van der Waals surface area contributed by atoms with Crippen LogP contribution >= 0.6 is 0 Å². The van der Waals surface area contributed by atoms with Gasteiger partial charge in [-0.05, 0) is 12.1 Å². The van der Waals surface area contributed by atoms with Crippen LogP contribution in [0.3, 0.4) is 0 Å². The van der Waals surface area contributed by atoms with E-state index in [-0.39, 0.29) is 13.0 Å². The summed E-state index contributed by atoms with van der Waals surface area (Å²) in [6.07, 6.45) is 1.42. The Morgan fingerprint density at radius 2 is 2.25 bits per heavy atom. The minimum Gasteiger partial charge on any atom is -0.496 e. The van der Waals surface area contributed by atoms with E-state index in [0.717, 1.165) is 5.56 Å². The highest BCUT2D eigenvalue weighted by molar-refractivity contribution is 5.83. The quantitative estimate of drug-likeness (QED) is 0.451. The number of oxime groups is 1. The summed E-state index contributed by atoms with van der Waals surface area (Å²) >= 11 is 0. The summed E-state index contributed by atoms with van der Waals surface area (Å²) in [6.45, 7) is 0.0565. The van der Waals surface area contributed by atoms with Crippen LogP contribution in [0.15, 0.2) is 29.4 Å². The van der Waals surface area contributed by atoms with Crippen molar-refractivity contribution in [3.8, 4) is 5.75 Å². The Kier molecular flexibility index (Phi) is 4.85. The van der Waals surface area contributed by atoms with Crippen molar-refractivity contribution in [2.24, 2.45) is 5.16 Å². The molecule has 1 rings (SSSR count). The fraction of sp³-hybridized carbons (Fsp3) is 0.273. The third-order valence-electron chi connectivity index (χ3n) is 1.81. The first kappa shape index (κ1) is 12.0. The summed E-state index contributed by atoms with van der Waals surface area (Å²) in [6, 6.07) is 7.32. The molecule has 0 radical (unpaired) electrons. The number of carboxylic acids is 1. The highest BCUT2D eigenvalue weighted by Gasteiger charge is 1.98. The predicted molar refractivity (Wildman–Crippen MR) is 58.8 cm³/mol. The van der Waals surface area contributed by atoms with Gasteiger partial charge in [-0.15, -0.1) is 0 Å². The smallest absolute Gasteiger partial charge is 0.306 e. The van der Waals surface area contributed by atoms with E-state index < -0.39 is 5.97 Å². The van der Waals surface area contributed by atoms with E-state index in [1.54, 1.807) is 13.2 Å².